The Morgan fingerprint density at radius 2 is 2.10 bits per heavy atom. The Labute approximate surface area is 113 Å². The van der Waals surface area contributed by atoms with E-state index in [2.05, 4.69) is 16.4 Å². The van der Waals surface area contributed by atoms with Crippen molar-refractivity contribution in [3.05, 3.63) is 59.8 Å². The average Bonchev–Trinajstić information content (AvgIpc) is 2.39. The van der Waals surface area contributed by atoms with Crippen LogP contribution in [0, 0.1) is 6.07 Å². The van der Waals surface area contributed by atoms with Crippen molar-refractivity contribution < 1.29 is 18.0 Å². The maximum atomic E-state index is 12.5. The van der Waals surface area contributed by atoms with Crippen LogP contribution in [-0.2, 0) is 17.4 Å². The number of carbonyl (C=O) groups is 1. The molecule has 2 rings (SSSR count). The first-order chi connectivity index (χ1) is 9.45. The molecule has 1 radical (unpaired) electrons. The van der Waals surface area contributed by atoms with Gasteiger partial charge in [-0.15, -0.1) is 0 Å². The number of nitrogens with one attached hydrogen (secondary N) is 1. The van der Waals surface area contributed by atoms with Gasteiger partial charge in [-0.2, -0.15) is 13.2 Å². The number of benzene rings is 1. The van der Waals surface area contributed by atoms with Crippen molar-refractivity contribution in [3.8, 4) is 0 Å². The van der Waals surface area contributed by atoms with E-state index in [9.17, 15) is 18.0 Å². The van der Waals surface area contributed by atoms with Crippen molar-refractivity contribution in [1.29, 1.82) is 0 Å². The zero-order chi connectivity index (χ0) is 14.6. The number of alkyl halides is 3. The number of amides is 1. The third kappa shape index (κ3) is 3.81. The maximum Gasteiger partial charge on any atom is 0.416 e. The third-order valence-corrected chi connectivity index (χ3v) is 2.50. The lowest BCUT2D eigenvalue weighted by atomic mass is 10.1. The van der Waals surface area contributed by atoms with E-state index in [0.717, 1.165) is 12.1 Å². The predicted octanol–water partition coefficient (Wildman–Crippen LogP) is 3.08. The monoisotopic (exact) mass is 279 g/mol. The van der Waals surface area contributed by atoms with Gasteiger partial charge in [0.05, 0.1) is 12.0 Å². The van der Waals surface area contributed by atoms with Crippen LogP contribution in [0.25, 0.3) is 0 Å². The smallest absolute Gasteiger partial charge is 0.310 e. The van der Waals surface area contributed by atoms with Crippen LogP contribution in [0.1, 0.15) is 11.1 Å². The molecule has 0 fully saturated rings. The van der Waals surface area contributed by atoms with Crippen LogP contribution in [0.4, 0.5) is 19.0 Å². The second kappa shape index (κ2) is 5.73. The largest absolute Gasteiger partial charge is 0.416 e. The number of nitrogens with zero attached hydrogens (tertiary/aromatic N) is 1. The van der Waals surface area contributed by atoms with Gasteiger partial charge >= 0.3 is 6.18 Å². The van der Waals surface area contributed by atoms with Crippen LogP contribution in [0.15, 0.2) is 42.6 Å². The normalized spacial score (nSPS) is 11.2. The molecule has 1 N–H and O–H groups in total. The lowest BCUT2D eigenvalue weighted by Gasteiger charge is -2.08. The van der Waals surface area contributed by atoms with Gasteiger partial charge in [-0.25, -0.2) is 4.98 Å². The molecule has 0 aliphatic carbocycles. The molecule has 0 aliphatic rings. The van der Waals surface area contributed by atoms with E-state index in [1.807, 2.05) is 0 Å². The number of hydrogen-bond donors (Lipinski definition) is 1. The van der Waals surface area contributed by atoms with Gasteiger partial charge in [0, 0.05) is 12.3 Å². The highest BCUT2D eigenvalue weighted by Gasteiger charge is 2.30. The Balaban J connectivity index is 2.05. The second-order valence-electron chi connectivity index (χ2n) is 4.07. The minimum atomic E-state index is -4.41. The summed E-state index contributed by atoms with van der Waals surface area (Å²) in [4.78, 5) is 15.5. The van der Waals surface area contributed by atoms with Crippen molar-refractivity contribution in [2.75, 3.05) is 5.32 Å². The summed E-state index contributed by atoms with van der Waals surface area (Å²) < 4.78 is 37.6. The number of halogens is 3. The molecule has 0 saturated carbocycles. The summed E-state index contributed by atoms with van der Waals surface area (Å²) in [5.74, 6) is -0.0937. The highest BCUT2D eigenvalue weighted by Crippen LogP contribution is 2.29. The van der Waals surface area contributed by atoms with Crippen molar-refractivity contribution in [3.63, 3.8) is 0 Å². The number of rotatable bonds is 3. The van der Waals surface area contributed by atoms with E-state index in [1.54, 1.807) is 12.1 Å². The first-order valence-electron chi connectivity index (χ1n) is 5.73. The second-order valence-corrected chi connectivity index (χ2v) is 4.07. The van der Waals surface area contributed by atoms with Crippen molar-refractivity contribution >= 4 is 11.7 Å². The molecule has 0 bridgehead atoms. The molecule has 3 nitrogen and oxygen atoms in total. The Hall–Kier alpha value is -2.37. The Morgan fingerprint density at radius 3 is 2.75 bits per heavy atom. The van der Waals surface area contributed by atoms with Crippen LogP contribution in [-0.4, -0.2) is 10.9 Å². The van der Waals surface area contributed by atoms with Gasteiger partial charge in [0.1, 0.15) is 5.82 Å². The number of anilines is 1. The number of carbonyl (C=O) groups excluding carboxylic acids is 1. The third-order valence-electron chi connectivity index (χ3n) is 2.50. The minimum Gasteiger partial charge on any atom is -0.310 e. The summed E-state index contributed by atoms with van der Waals surface area (Å²) in [6.07, 6.45) is -3.17. The minimum absolute atomic E-state index is 0.149. The predicted molar refractivity (Wildman–Crippen MR) is 66.9 cm³/mol. The van der Waals surface area contributed by atoms with Crippen LogP contribution in [0.3, 0.4) is 0 Å². The van der Waals surface area contributed by atoms with Crippen molar-refractivity contribution in [2.45, 2.75) is 12.6 Å². The van der Waals surface area contributed by atoms with Gasteiger partial charge in [-0.1, -0.05) is 18.2 Å². The number of aromatic nitrogens is 1. The van der Waals surface area contributed by atoms with Crippen molar-refractivity contribution in [1.82, 2.24) is 4.98 Å². The van der Waals surface area contributed by atoms with E-state index in [4.69, 9.17) is 0 Å². The maximum absolute atomic E-state index is 12.5. The van der Waals surface area contributed by atoms with Gasteiger partial charge in [0.25, 0.3) is 0 Å². The van der Waals surface area contributed by atoms with E-state index < -0.39 is 17.6 Å². The summed E-state index contributed by atoms with van der Waals surface area (Å²) in [6, 6.07) is 10.5. The molecule has 103 valence electrons. The van der Waals surface area contributed by atoms with Crippen LogP contribution in [0.2, 0.25) is 0 Å². The number of hydrogen-bond acceptors (Lipinski definition) is 2. The molecular formula is C14H10F3N2O. The SMILES string of the molecule is O=C(Cc1cccc(C(F)(F)F)c1)Nc1cc[c]cn1. The molecule has 0 unspecified atom stereocenters. The van der Waals surface area contributed by atoms with Crippen LogP contribution >= 0.6 is 0 Å². The van der Waals surface area contributed by atoms with E-state index in [0.29, 0.717) is 11.4 Å². The Bertz CT molecular complexity index is 597. The number of pyridine rings is 1. The zero-order valence-electron chi connectivity index (χ0n) is 10.2. The molecule has 0 atom stereocenters. The molecule has 2 aromatic rings. The summed E-state index contributed by atoms with van der Waals surface area (Å²) in [6.45, 7) is 0. The Kier molecular flexibility index (Phi) is 4.02. The Morgan fingerprint density at radius 1 is 1.30 bits per heavy atom. The molecule has 1 heterocycles. The topological polar surface area (TPSA) is 42.0 Å². The highest BCUT2D eigenvalue weighted by molar-refractivity contribution is 5.91. The van der Waals surface area contributed by atoms with Gasteiger partial charge in [-0.05, 0) is 23.8 Å². The highest BCUT2D eigenvalue weighted by atomic mass is 19.4. The summed E-state index contributed by atoms with van der Waals surface area (Å²) >= 11 is 0. The quantitative estimate of drug-likeness (QED) is 0.938. The zero-order valence-corrected chi connectivity index (χ0v) is 10.2. The van der Waals surface area contributed by atoms with Gasteiger partial charge in [0.15, 0.2) is 0 Å². The van der Waals surface area contributed by atoms with E-state index in [-0.39, 0.29) is 6.42 Å². The summed E-state index contributed by atoms with van der Waals surface area (Å²) in [5, 5.41) is 2.50. The lowest BCUT2D eigenvalue weighted by Crippen LogP contribution is -2.15. The van der Waals surface area contributed by atoms with Gasteiger partial charge in [0.2, 0.25) is 5.91 Å². The van der Waals surface area contributed by atoms with Crippen molar-refractivity contribution in [2.24, 2.45) is 0 Å². The van der Waals surface area contributed by atoms with Gasteiger partial charge < -0.3 is 5.32 Å². The molecule has 1 aromatic heterocycles. The van der Waals surface area contributed by atoms with Crippen LogP contribution in [0.5, 0.6) is 0 Å². The fourth-order valence-electron chi connectivity index (χ4n) is 1.62. The van der Waals surface area contributed by atoms with E-state index in [1.165, 1.54) is 18.3 Å². The lowest BCUT2D eigenvalue weighted by molar-refractivity contribution is -0.137. The fourth-order valence-corrected chi connectivity index (χ4v) is 1.62. The summed E-state index contributed by atoms with van der Waals surface area (Å²) in [7, 11) is 0. The van der Waals surface area contributed by atoms with E-state index >= 15 is 0 Å². The molecule has 0 aliphatic heterocycles. The van der Waals surface area contributed by atoms with Crippen LogP contribution < -0.4 is 5.32 Å². The molecule has 6 heteroatoms. The summed E-state index contributed by atoms with van der Waals surface area (Å²) in [5.41, 5.74) is -0.477. The average molecular weight is 279 g/mol. The molecule has 1 amide bonds. The molecule has 0 spiro atoms. The first kappa shape index (κ1) is 14.0. The molecule has 0 saturated heterocycles. The molecule has 20 heavy (non-hydrogen) atoms. The van der Waals surface area contributed by atoms with Gasteiger partial charge in [-0.3, -0.25) is 4.79 Å². The standard InChI is InChI=1S/C14H10F3N2O/c15-14(16,17)11-5-3-4-10(8-11)9-13(20)19-12-6-1-2-7-18-12/h1,3-8H,9H2,(H,18,19,20). The molecule has 1 aromatic carbocycles. The fraction of sp³-hybridized carbons (Fsp3) is 0.143. The molecular weight excluding hydrogens is 269 g/mol. The first-order valence-corrected chi connectivity index (χ1v) is 5.73.